The molecule has 3 N–H and O–H groups in total. The third kappa shape index (κ3) is 3.58. The van der Waals surface area contributed by atoms with Crippen molar-refractivity contribution in [2.45, 2.75) is 20.3 Å². The third-order valence-corrected chi connectivity index (χ3v) is 2.39. The molecule has 6 nitrogen and oxygen atoms in total. The van der Waals surface area contributed by atoms with E-state index in [9.17, 15) is 4.79 Å². The Labute approximate surface area is 98.6 Å². The van der Waals surface area contributed by atoms with E-state index in [1.807, 2.05) is 0 Å². The largest absolute Gasteiger partial charge is 0.393 e. The summed E-state index contributed by atoms with van der Waals surface area (Å²) in [6.45, 7) is 3.81. The fraction of sp³-hybridized carbons (Fsp3) is 0.556. The molecule has 7 heteroatoms. The second-order valence-corrected chi connectivity index (χ2v) is 3.87. The van der Waals surface area contributed by atoms with Gasteiger partial charge in [-0.25, -0.2) is 0 Å². The van der Waals surface area contributed by atoms with E-state index in [1.54, 1.807) is 13.8 Å². The molecule has 0 radical (unpaired) electrons. The number of hydrogen-bond acceptors (Lipinski definition) is 5. The van der Waals surface area contributed by atoms with Gasteiger partial charge in [-0.15, -0.1) is 0 Å². The summed E-state index contributed by atoms with van der Waals surface area (Å²) < 4.78 is 4.79. The van der Waals surface area contributed by atoms with Crippen molar-refractivity contribution >= 4 is 23.1 Å². The van der Waals surface area contributed by atoms with Crippen LogP contribution in [-0.4, -0.2) is 27.6 Å². The van der Waals surface area contributed by atoms with Crippen molar-refractivity contribution in [1.29, 1.82) is 0 Å². The van der Waals surface area contributed by atoms with Crippen molar-refractivity contribution in [2.24, 2.45) is 11.7 Å². The van der Waals surface area contributed by atoms with Gasteiger partial charge in [0, 0.05) is 19.9 Å². The predicted molar refractivity (Wildman–Crippen MR) is 61.7 cm³/mol. The smallest absolute Gasteiger partial charge is 0.229 e. The van der Waals surface area contributed by atoms with E-state index in [-0.39, 0.29) is 10.9 Å². The Hall–Kier alpha value is -1.50. The molecule has 16 heavy (non-hydrogen) atoms. The van der Waals surface area contributed by atoms with Crippen molar-refractivity contribution in [2.75, 3.05) is 6.54 Å². The Kier molecular flexibility index (Phi) is 4.36. The Balaban J connectivity index is 2.30. The molecule has 0 saturated heterocycles. The molecule has 1 aromatic rings. The lowest BCUT2D eigenvalue weighted by atomic mass is 10.1. The lowest BCUT2D eigenvalue weighted by molar-refractivity contribution is -0.122. The van der Waals surface area contributed by atoms with Crippen molar-refractivity contribution in [3.63, 3.8) is 0 Å². The molecule has 1 aromatic heterocycles. The lowest BCUT2D eigenvalue weighted by Gasteiger charge is -2.09. The summed E-state index contributed by atoms with van der Waals surface area (Å²) in [5.74, 6) is 0.438. The number of hydrogen-bond donors (Lipinski definition) is 2. The van der Waals surface area contributed by atoms with E-state index in [2.05, 4.69) is 15.5 Å². The van der Waals surface area contributed by atoms with E-state index in [1.165, 1.54) is 0 Å². The van der Waals surface area contributed by atoms with Gasteiger partial charge in [0.1, 0.15) is 0 Å². The van der Waals surface area contributed by atoms with Crippen LogP contribution in [-0.2, 0) is 11.2 Å². The van der Waals surface area contributed by atoms with Gasteiger partial charge in [-0.2, -0.15) is 4.98 Å². The molecular weight excluding hydrogens is 228 g/mol. The van der Waals surface area contributed by atoms with Crippen LogP contribution in [0, 0.1) is 12.8 Å². The summed E-state index contributed by atoms with van der Waals surface area (Å²) in [7, 11) is 0. The van der Waals surface area contributed by atoms with Gasteiger partial charge in [0.15, 0.2) is 5.82 Å². The van der Waals surface area contributed by atoms with Crippen LogP contribution < -0.4 is 11.1 Å². The molecule has 0 aromatic carbocycles. The molecule has 0 bridgehead atoms. The number of nitrogens with zero attached hydrogens (tertiary/aromatic N) is 2. The van der Waals surface area contributed by atoms with Crippen LogP contribution in [0.4, 0.5) is 0 Å². The summed E-state index contributed by atoms with van der Waals surface area (Å²) in [5, 5.41) is 6.40. The molecule has 1 amide bonds. The zero-order chi connectivity index (χ0) is 12.1. The number of carbonyl (C=O) groups excluding carboxylic acids is 1. The van der Waals surface area contributed by atoms with Crippen LogP contribution in [0.15, 0.2) is 4.52 Å². The second-order valence-electron chi connectivity index (χ2n) is 3.39. The molecule has 0 fully saturated rings. The van der Waals surface area contributed by atoms with E-state index >= 15 is 0 Å². The molecule has 0 aliphatic rings. The summed E-state index contributed by atoms with van der Waals surface area (Å²) in [4.78, 5) is 15.6. The monoisotopic (exact) mass is 242 g/mol. The minimum absolute atomic E-state index is 0.187. The van der Waals surface area contributed by atoms with Crippen molar-refractivity contribution in [3.8, 4) is 0 Å². The first-order chi connectivity index (χ1) is 7.50. The van der Waals surface area contributed by atoms with Gasteiger partial charge in [-0.1, -0.05) is 17.4 Å². The summed E-state index contributed by atoms with van der Waals surface area (Å²) in [6, 6.07) is 0. The van der Waals surface area contributed by atoms with Crippen LogP contribution in [0.25, 0.3) is 0 Å². The van der Waals surface area contributed by atoms with Crippen LogP contribution in [0.3, 0.4) is 0 Å². The molecule has 1 heterocycles. The second kappa shape index (κ2) is 5.55. The average Bonchev–Trinajstić information content (AvgIpc) is 2.62. The molecule has 1 atom stereocenters. The maximum Gasteiger partial charge on any atom is 0.229 e. The SMILES string of the molecule is Cc1nc(CCNC(=O)C(C)C(N)=S)no1. The van der Waals surface area contributed by atoms with E-state index in [0.717, 1.165) is 0 Å². The standard InChI is InChI=1S/C9H14N4O2S/c1-5(8(10)16)9(14)11-4-3-7-12-6(2)15-13-7/h5H,3-4H2,1-2H3,(H2,10,16)(H,11,14). The minimum Gasteiger partial charge on any atom is -0.393 e. The zero-order valence-corrected chi connectivity index (χ0v) is 10.0. The number of amides is 1. The van der Waals surface area contributed by atoms with E-state index in [0.29, 0.717) is 24.7 Å². The molecule has 1 unspecified atom stereocenters. The van der Waals surface area contributed by atoms with Crippen LogP contribution >= 0.6 is 12.2 Å². The van der Waals surface area contributed by atoms with Crippen molar-refractivity contribution < 1.29 is 9.32 Å². The Bertz CT molecular complexity index is 391. The fourth-order valence-corrected chi connectivity index (χ4v) is 1.13. The summed E-state index contributed by atoms with van der Waals surface area (Å²) in [6.07, 6.45) is 0.521. The normalized spacial score (nSPS) is 12.1. The highest BCUT2D eigenvalue weighted by molar-refractivity contribution is 7.80. The minimum atomic E-state index is -0.456. The maximum atomic E-state index is 11.4. The summed E-state index contributed by atoms with van der Waals surface area (Å²) >= 11 is 4.72. The highest BCUT2D eigenvalue weighted by atomic mass is 32.1. The van der Waals surface area contributed by atoms with E-state index < -0.39 is 5.92 Å². The van der Waals surface area contributed by atoms with E-state index in [4.69, 9.17) is 22.5 Å². The predicted octanol–water partition coefficient (Wildman–Crippen LogP) is -0.0411. The van der Waals surface area contributed by atoms with Gasteiger partial charge in [-0.05, 0) is 6.92 Å². The molecule has 1 rings (SSSR count). The Morgan fingerprint density at radius 1 is 1.69 bits per heavy atom. The van der Waals surface area contributed by atoms with Gasteiger partial charge in [0.25, 0.3) is 0 Å². The topological polar surface area (TPSA) is 94.0 Å². The zero-order valence-electron chi connectivity index (χ0n) is 9.19. The first kappa shape index (κ1) is 12.6. The van der Waals surface area contributed by atoms with Gasteiger partial charge in [-0.3, -0.25) is 4.79 Å². The molecule has 0 spiro atoms. The van der Waals surface area contributed by atoms with Gasteiger partial charge in [0.2, 0.25) is 11.8 Å². The lowest BCUT2D eigenvalue weighted by Crippen LogP contribution is -2.37. The number of aromatic nitrogens is 2. The molecule has 0 saturated carbocycles. The van der Waals surface area contributed by atoms with Gasteiger partial charge < -0.3 is 15.6 Å². The molecule has 0 aliphatic carbocycles. The number of aryl methyl sites for hydroxylation is 1. The van der Waals surface area contributed by atoms with Gasteiger partial charge in [0.05, 0.1) is 10.9 Å². The van der Waals surface area contributed by atoms with Crippen molar-refractivity contribution in [1.82, 2.24) is 15.5 Å². The maximum absolute atomic E-state index is 11.4. The average molecular weight is 242 g/mol. The number of rotatable bonds is 5. The van der Waals surface area contributed by atoms with Crippen LogP contribution in [0.5, 0.6) is 0 Å². The summed E-state index contributed by atoms with van der Waals surface area (Å²) in [5.41, 5.74) is 5.35. The number of nitrogens with one attached hydrogen (secondary N) is 1. The molecular formula is C9H14N4O2S. The highest BCUT2D eigenvalue weighted by Gasteiger charge is 2.14. The Morgan fingerprint density at radius 3 is 2.88 bits per heavy atom. The van der Waals surface area contributed by atoms with Crippen LogP contribution in [0.2, 0.25) is 0 Å². The molecule has 88 valence electrons. The third-order valence-electron chi connectivity index (χ3n) is 2.04. The first-order valence-electron chi connectivity index (χ1n) is 4.87. The highest BCUT2D eigenvalue weighted by Crippen LogP contribution is 1.97. The Morgan fingerprint density at radius 2 is 2.38 bits per heavy atom. The van der Waals surface area contributed by atoms with Crippen LogP contribution in [0.1, 0.15) is 18.6 Å². The van der Waals surface area contributed by atoms with Gasteiger partial charge >= 0.3 is 0 Å². The fourth-order valence-electron chi connectivity index (χ4n) is 1.02. The first-order valence-corrected chi connectivity index (χ1v) is 5.27. The quantitative estimate of drug-likeness (QED) is 0.704. The molecule has 0 aliphatic heterocycles. The number of carbonyl (C=O) groups is 1. The number of nitrogens with two attached hydrogens (primary N) is 1. The van der Waals surface area contributed by atoms with Crippen molar-refractivity contribution in [3.05, 3.63) is 11.7 Å². The number of thiocarbonyl (C=S) groups is 1.